The molecule has 1 atom stereocenters. The summed E-state index contributed by atoms with van der Waals surface area (Å²) in [6.07, 6.45) is 6.58. The maximum Gasteiger partial charge on any atom is 0.0217 e. The van der Waals surface area contributed by atoms with E-state index in [9.17, 15) is 0 Å². The number of nitrogens with zero attached hydrogens (tertiary/aromatic N) is 1. The number of hydrogen-bond donors (Lipinski definition) is 1. The van der Waals surface area contributed by atoms with Gasteiger partial charge < -0.3 is 5.32 Å². The lowest BCUT2D eigenvalue weighted by atomic mass is 10.2. The Balaban J connectivity index is 1.73. The topological polar surface area (TPSA) is 15.3 Å². The summed E-state index contributed by atoms with van der Waals surface area (Å²) < 4.78 is 0. The molecule has 0 bridgehead atoms. The SMILES string of the molecule is CC#CCCN(CC1CCCN1)C1CC1. The first-order chi connectivity index (χ1) is 7.40. The number of hydrogen-bond acceptors (Lipinski definition) is 2. The van der Waals surface area contributed by atoms with Crippen LogP contribution in [0, 0.1) is 11.8 Å². The number of nitrogens with one attached hydrogen (secondary N) is 1. The molecule has 2 fully saturated rings. The summed E-state index contributed by atoms with van der Waals surface area (Å²) in [5, 5.41) is 3.58. The lowest BCUT2D eigenvalue weighted by Crippen LogP contribution is -2.39. The number of rotatable bonds is 5. The summed E-state index contributed by atoms with van der Waals surface area (Å²) in [4.78, 5) is 2.65. The normalized spacial score (nSPS) is 25.3. The first-order valence-corrected chi connectivity index (χ1v) is 6.27. The Hall–Kier alpha value is -0.520. The van der Waals surface area contributed by atoms with E-state index in [1.54, 1.807) is 0 Å². The average molecular weight is 206 g/mol. The quantitative estimate of drug-likeness (QED) is 0.688. The maximum atomic E-state index is 3.58. The molecule has 1 heterocycles. The van der Waals surface area contributed by atoms with Gasteiger partial charge in [0.25, 0.3) is 0 Å². The van der Waals surface area contributed by atoms with Crippen molar-refractivity contribution in [2.24, 2.45) is 0 Å². The van der Waals surface area contributed by atoms with Crippen LogP contribution in [-0.4, -0.2) is 36.6 Å². The van der Waals surface area contributed by atoms with Gasteiger partial charge in [0.05, 0.1) is 0 Å². The smallest absolute Gasteiger partial charge is 0.0217 e. The van der Waals surface area contributed by atoms with Crippen molar-refractivity contribution in [1.82, 2.24) is 10.2 Å². The summed E-state index contributed by atoms with van der Waals surface area (Å²) in [5.41, 5.74) is 0. The van der Waals surface area contributed by atoms with Crippen LogP contribution in [0.1, 0.15) is 39.0 Å². The van der Waals surface area contributed by atoms with Crippen LogP contribution >= 0.6 is 0 Å². The van der Waals surface area contributed by atoms with Crippen LogP contribution < -0.4 is 5.32 Å². The van der Waals surface area contributed by atoms with Crippen LogP contribution in [0.4, 0.5) is 0 Å². The van der Waals surface area contributed by atoms with Gasteiger partial charge in [-0.25, -0.2) is 0 Å². The van der Waals surface area contributed by atoms with Crippen LogP contribution in [0.25, 0.3) is 0 Å². The fourth-order valence-corrected chi connectivity index (χ4v) is 2.38. The van der Waals surface area contributed by atoms with Crippen molar-refractivity contribution in [3.63, 3.8) is 0 Å². The minimum absolute atomic E-state index is 0.750. The minimum atomic E-state index is 0.750. The molecule has 2 nitrogen and oxygen atoms in total. The van der Waals surface area contributed by atoms with Crippen molar-refractivity contribution in [3.05, 3.63) is 0 Å². The molecule has 0 aromatic carbocycles. The van der Waals surface area contributed by atoms with Gasteiger partial charge >= 0.3 is 0 Å². The van der Waals surface area contributed by atoms with Gasteiger partial charge in [0, 0.05) is 31.6 Å². The van der Waals surface area contributed by atoms with Gasteiger partial charge in [-0.3, -0.25) is 4.90 Å². The van der Waals surface area contributed by atoms with Crippen molar-refractivity contribution < 1.29 is 0 Å². The molecule has 84 valence electrons. The highest BCUT2D eigenvalue weighted by molar-refractivity contribution is 4.97. The molecule has 2 rings (SSSR count). The third-order valence-corrected chi connectivity index (χ3v) is 3.38. The Morgan fingerprint density at radius 2 is 2.20 bits per heavy atom. The summed E-state index contributed by atoms with van der Waals surface area (Å²) in [6.45, 7) is 5.57. The van der Waals surface area contributed by atoms with E-state index < -0.39 is 0 Å². The molecule has 1 unspecified atom stereocenters. The summed E-state index contributed by atoms with van der Waals surface area (Å²) in [7, 11) is 0. The molecule has 1 saturated carbocycles. The highest BCUT2D eigenvalue weighted by atomic mass is 15.2. The van der Waals surface area contributed by atoms with Crippen LogP contribution in [0.3, 0.4) is 0 Å². The van der Waals surface area contributed by atoms with E-state index in [1.165, 1.54) is 45.3 Å². The van der Waals surface area contributed by atoms with E-state index in [1.807, 2.05) is 6.92 Å². The lowest BCUT2D eigenvalue weighted by molar-refractivity contribution is 0.245. The molecule has 0 amide bonds. The molecule has 1 aliphatic heterocycles. The molecule has 0 aromatic rings. The van der Waals surface area contributed by atoms with E-state index in [0.717, 1.165) is 18.5 Å². The molecule has 0 aromatic heterocycles. The van der Waals surface area contributed by atoms with Gasteiger partial charge in [-0.15, -0.1) is 11.8 Å². The molecule has 2 heteroatoms. The van der Waals surface area contributed by atoms with Gasteiger partial charge in [-0.1, -0.05) is 0 Å². The Morgan fingerprint density at radius 1 is 1.33 bits per heavy atom. The van der Waals surface area contributed by atoms with Crippen molar-refractivity contribution in [2.75, 3.05) is 19.6 Å². The molecular formula is C13H22N2. The zero-order valence-electron chi connectivity index (χ0n) is 9.76. The van der Waals surface area contributed by atoms with Crippen LogP contribution in [0.5, 0.6) is 0 Å². The van der Waals surface area contributed by atoms with Gasteiger partial charge in [-0.2, -0.15) is 0 Å². The predicted molar refractivity (Wildman–Crippen MR) is 63.7 cm³/mol. The zero-order valence-corrected chi connectivity index (χ0v) is 9.76. The molecular weight excluding hydrogens is 184 g/mol. The summed E-state index contributed by atoms with van der Waals surface area (Å²) >= 11 is 0. The van der Waals surface area contributed by atoms with E-state index in [-0.39, 0.29) is 0 Å². The Morgan fingerprint density at radius 3 is 2.80 bits per heavy atom. The standard InChI is InChI=1S/C13H22N2/c1-2-3-4-10-15(13-7-8-13)11-12-6-5-9-14-12/h12-14H,4-11H2,1H3. The van der Waals surface area contributed by atoms with Gasteiger partial charge in [-0.05, 0) is 39.2 Å². The van der Waals surface area contributed by atoms with E-state index >= 15 is 0 Å². The van der Waals surface area contributed by atoms with Gasteiger partial charge in [0.1, 0.15) is 0 Å². The Kier molecular flexibility index (Phi) is 4.05. The van der Waals surface area contributed by atoms with Crippen molar-refractivity contribution >= 4 is 0 Å². The fraction of sp³-hybridized carbons (Fsp3) is 0.846. The molecule has 0 spiro atoms. The first kappa shape index (κ1) is 11.0. The van der Waals surface area contributed by atoms with Crippen LogP contribution in [0.15, 0.2) is 0 Å². The second-order valence-electron chi connectivity index (χ2n) is 4.70. The highest BCUT2D eigenvalue weighted by Gasteiger charge is 2.30. The van der Waals surface area contributed by atoms with Crippen molar-refractivity contribution in [2.45, 2.75) is 51.1 Å². The largest absolute Gasteiger partial charge is 0.313 e. The third-order valence-electron chi connectivity index (χ3n) is 3.38. The van der Waals surface area contributed by atoms with Crippen LogP contribution in [-0.2, 0) is 0 Å². The first-order valence-electron chi connectivity index (χ1n) is 6.27. The second kappa shape index (κ2) is 5.53. The maximum absolute atomic E-state index is 3.58. The van der Waals surface area contributed by atoms with E-state index in [2.05, 4.69) is 22.1 Å². The third kappa shape index (κ3) is 3.52. The van der Waals surface area contributed by atoms with E-state index in [4.69, 9.17) is 0 Å². The molecule has 1 N–H and O–H groups in total. The zero-order chi connectivity index (χ0) is 10.5. The lowest BCUT2D eigenvalue weighted by Gasteiger charge is -2.24. The van der Waals surface area contributed by atoms with Crippen LogP contribution in [0.2, 0.25) is 0 Å². The summed E-state index contributed by atoms with van der Waals surface area (Å²) in [5.74, 6) is 6.16. The van der Waals surface area contributed by atoms with Gasteiger partial charge in [0.15, 0.2) is 0 Å². The van der Waals surface area contributed by atoms with E-state index in [0.29, 0.717) is 0 Å². The van der Waals surface area contributed by atoms with Crippen molar-refractivity contribution in [3.8, 4) is 11.8 Å². The molecule has 2 aliphatic rings. The fourth-order valence-electron chi connectivity index (χ4n) is 2.38. The molecule has 1 saturated heterocycles. The monoisotopic (exact) mass is 206 g/mol. The molecule has 1 aliphatic carbocycles. The van der Waals surface area contributed by atoms with Gasteiger partial charge in [0.2, 0.25) is 0 Å². The predicted octanol–water partition coefficient (Wildman–Crippen LogP) is 1.62. The molecule has 0 radical (unpaired) electrons. The Bertz CT molecular complexity index is 241. The minimum Gasteiger partial charge on any atom is -0.313 e. The molecule has 15 heavy (non-hydrogen) atoms. The second-order valence-corrected chi connectivity index (χ2v) is 4.70. The highest BCUT2D eigenvalue weighted by Crippen LogP contribution is 2.27. The van der Waals surface area contributed by atoms with Crippen molar-refractivity contribution in [1.29, 1.82) is 0 Å². The Labute approximate surface area is 93.4 Å². The average Bonchev–Trinajstić information content (AvgIpc) is 2.97. The summed E-state index contributed by atoms with van der Waals surface area (Å²) in [6, 6.07) is 1.63.